The second-order valence-electron chi connectivity index (χ2n) is 5.22. The number of ether oxygens (including phenoxy) is 2. The Morgan fingerprint density at radius 1 is 1.12 bits per heavy atom. The molecule has 2 aliphatic rings. The van der Waals surface area contributed by atoms with Crippen LogP contribution in [0.5, 0.6) is 11.5 Å². The highest BCUT2D eigenvalue weighted by Gasteiger charge is 2.36. The van der Waals surface area contributed by atoms with Crippen molar-refractivity contribution in [3.05, 3.63) is 56.4 Å². The third-order valence-electron chi connectivity index (χ3n) is 3.66. The Kier molecular flexibility index (Phi) is 4.23. The predicted octanol–water partition coefficient (Wildman–Crippen LogP) is 5.07. The van der Waals surface area contributed by atoms with E-state index in [0.717, 1.165) is 26.7 Å². The molecular formula is C17H9BrClNO4S. The highest BCUT2D eigenvalue weighted by Crippen LogP contribution is 2.40. The summed E-state index contributed by atoms with van der Waals surface area (Å²) in [5.74, 6) is 0.867. The molecule has 0 atom stereocenters. The fourth-order valence-electron chi connectivity index (χ4n) is 2.47. The van der Waals surface area contributed by atoms with E-state index in [0.29, 0.717) is 27.1 Å². The predicted molar refractivity (Wildman–Crippen MR) is 100 cm³/mol. The highest BCUT2D eigenvalue weighted by molar-refractivity contribution is 9.10. The number of anilines is 1. The fraction of sp³-hybridized carbons (Fsp3) is 0.0588. The van der Waals surface area contributed by atoms with E-state index >= 15 is 0 Å². The van der Waals surface area contributed by atoms with Crippen LogP contribution in [0, 0.1) is 0 Å². The molecule has 0 N–H and O–H groups in total. The van der Waals surface area contributed by atoms with Crippen LogP contribution in [0.15, 0.2) is 45.8 Å². The van der Waals surface area contributed by atoms with Crippen molar-refractivity contribution < 1.29 is 19.1 Å². The van der Waals surface area contributed by atoms with E-state index in [1.54, 1.807) is 42.5 Å². The Bertz CT molecular complexity index is 929. The molecule has 0 aromatic heterocycles. The molecule has 126 valence electrons. The third kappa shape index (κ3) is 3.03. The molecule has 2 heterocycles. The minimum atomic E-state index is -0.373. The summed E-state index contributed by atoms with van der Waals surface area (Å²) in [5.41, 5.74) is 1.21. The number of benzene rings is 2. The number of imide groups is 1. The highest BCUT2D eigenvalue weighted by atomic mass is 79.9. The summed E-state index contributed by atoms with van der Waals surface area (Å²) in [5, 5.41) is 0.186. The lowest BCUT2D eigenvalue weighted by molar-refractivity contribution is -0.113. The number of hydrogen-bond acceptors (Lipinski definition) is 5. The summed E-state index contributed by atoms with van der Waals surface area (Å²) in [7, 11) is 0. The van der Waals surface area contributed by atoms with Gasteiger partial charge in [0.05, 0.1) is 10.6 Å². The van der Waals surface area contributed by atoms with Crippen LogP contribution >= 0.6 is 39.3 Å². The molecule has 0 aliphatic carbocycles. The number of rotatable bonds is 2. The number of thioether (sulfide) groups is 1. The molecule has 0 unspecified atom stereocenters. The number of hydrogen-bond donors (Lipinski definition) is 0. The van der Waals surface area contributed by atoms with E-state index in [4.69, 9.17) is 21.1 Å². The summed E-state index contributed by atoms with van der Waals surface area (Å²) >= 11 is 10.2. The fourth-order valence-corrected chi connectivity index (χ4v) is 3.86. The van der Waals surface area contributed by atoms with Gasteiger partial charge in [-0.2, -0.15) is 0 Å². The van der Waals surface area contributed by atoms with Crippen LogP contribution < -0.4 is 14.4 Å². The molecular weight excluding hydrogens is 430 g/mol. The van der Waals surface area contributed by atoms with E-state index in [1.807, 2.05) is 0 Å². The minimum Gasteiger partial charge on any atom is -0.454 e. The third-order valence-corrected chi connectivity index (χ3v) is 5.47. The Balaban J connectivity index is 1.68. The second-order valence-corrected chi connectivity index (χ2v) is 7.50. The van der Waals surface area contributed by atoms with Crippen molar-refractivity contribution in [1.82, 2.24) is 0 Å². The molecule has 1 saturated heterocycles. The summed E-state index contributed by atoms with van der Waals surface area (Å²) in [4.78, 5) is 26.4. The average Bonchev–Trinajstić information content (AvgIpc) is 3.13. The molecule has 0 saturated carbocycles. The van der Waals surface area contributed by atoms with Crippen LogP contribution in [-0.4, -0.2) is 17.9 Å². The smallest absolute Gasteiger partial charge is 0.298 e. The van der Waals surface area contributed by atoms with E-state index < -0.39 is 0 Å². The van der Waals surface area contributed by atoms with E-state index in [-0.39, 0.29) is 17.9 Å². The quantitative estimate of drug-likeness (QED) is 0.613. The van der Waals surface area contributed by atoms with Gasteiger partial charge in [0.25, 0.3) is 11.1 Å². The van der Waals surface area contributed by atoms with Crippen molar-refractivity contribution in [3.8, 4) is 11.5 Å². The van der Waals surface area contributed by atoms with Crippen LogP contribution in [-0.2, 0) is 4.79 Å². The van der Waals surface area contributed by atoms with E-state index in [2.05, 4.69) is 15.9 Å². The SMILES string of the molecule is O=C1S/C(=C/c2cc3c(cc2Br)OCO3)C(=O)N1c1ccc(Cl)cc1. The zero-order chi connectivity index (χ0) is 17.6. The van der Waals surface area contributed by atoms with E-state index in [9.17, 15) is 9.59 Å². The van der Waals surface area contributed by atoms with Gasteiger partial charge in [0.1, 0.15) is 0 Å². The van der Waals surface area contributed by atoms with Crippen molar-refractivity contribution >= 4 is 62.2 Å². The average molecular weight is 439 g/mol. The molecule has 2 amide bonds. The van der Waals surface area contributed by atoms with Crippen molar-refractivity contribution in [2.45, 2.75) is 0 Å². The first kappa shape index (κ1) is 16.5. The van der Waals surface area contributed by atoms with Gasteiger partial charge in [0.15, 0.2) is 11.5 Å². The molecule has 5 nitrogen and oxygen atoms in total. The molecule has 2 aromatic rings. The van der Waals surface area contributed by atoms with Crippen molar-refractivity contribution in [2.24, 2.45) is 0 Å². The lowest BCUT2D eigenvalue weighted by Crippen LogP contribution is -2.27. The first-order chi connectivity index (χ1) is 12.0. The standard InChI is InChI=1S/C17H9BrClNO4S/c18-12-7-14-13(23-8-24-14)5-9(12)6-15-16(21)20(17(22)25-15)11-3-1-10(19)2-4-11/h1-7H,8H2/b15-6+. The molecule has 0 radical (unpaired) electrons. The van der Waals surface area contributed by atoms with Crippen LogP contribution in [0.2, 0.25) is 5.02 Å². The first-order valence-electron chi connectivity index (χ1n) is 7.15. The number of amides is 2. The maximum atomic E-state index is 12.7. The van der Waals surface area contributed by atoms with E-state index in [1.165, 1.54) is 0 Å². The first-order valence-corrected chi connectivity index (χ1v) is 9.14. The Morgan fingerprint density at radius 3 is 2.52 bits per heavy atom. The van der Waals surface area contributed by atoms with Gasteiger partial charge in [-0.05, 0) is 59.8 Å². The maximum absolute atomic E-state index is 12.7. The number of carbonyl (C=O) groups excluding carboxylic acids is 2. The maximum Gasteiger partial charge on any atom is 0.298 e. The zero-order valence-corrected chi connectivity index (χ0v) is 15.7. The summed E-state index contributed by atoms with van der Waals surface area (Å²) in [6.45, 7) is 0.165. The Labute approximate surface area is 160 Å². The second kappa shape index (κ2) is 6.40. The topological polar surface area (TPSA) is 55.8 Å². The zero-order valence-electron chi connectivity index (χ0n) is 12.5. The van der Waals surface area contributed by atoms with Gasteiger partial charge in [-0.1, -0.05) is 27.5 Å². The molecule has 2 aliphatic heterocycles. The minimum absolute atomic E-state index is 0.165. The number of nitrogens with zero attached hydrogens (tertiary/aromatic N) is 1. The molecule has 0 spiro atoms. The van der Waals surface area contributed by atoms with Crippen LogP contribution in [0.4, 0.5) is 10.5 Å². The van der Waals surface area contributed by atoms with Gasteiger partial charge in [-0.15, -0.1) is 0 Å². The van der Waals surface area contributed by atoms with Gasteiger partial charge in [-0.3, -0.25) is 9.59 Å². The molecule has 1 fully saturated rings. The van der Waals surface area contributed by atoms with Gasteiger partial charge in [-0.25, -0.2) is 4.90 Å². The van der Waals surface area contributed by atoms with Crippen molar-refractivity contribution in [1.29, 1.82) is 0 Å². The van der Waals surface area contributed by atoms with Crippen LogP contribution in [0.25, 0.3) is 6.08 Å². The summed E-state index contributed by atoms with van der Waals surface area (Å²) < 4.78 is 11.4. The lowest BCUT2D eigenvalue weighted by atomic mass is 10.2. The molecule has 4 rings (SSSR count). The van der Waals surface area contributed by atoms with Crippen molar-refractivity contribution in [3.63, 3.8) is 0 Å². The lowest BCUT2D eigenvalue weighted by Gasteiger charge is -2.12. The molecule has 2 aromatic carbocycles. The van der Waals surface area contributed by atoms with Crippen molar-refractivity contribution in [2.75, 3.05) is 11.7 Å². The number of fused-ring (bicyclic) bond motifs is 1. The summed E-state index contributed by atoms with van der Waals surface area (Å²) in [6, 6.07) is 10.1. The monoisotopic (exact) mass is 437 g/mol. The van der Waals surface area contributed by atoms with Gasteiger partial charge in [0.2, 0.25) is 6.79 Å². The number of carbonyl (C=O) groups is 2. The Hall–Kier alpha value is -1.96. The molecule has 0 bridgehead atoms. The largest absolute Gasteiger partial charge is 0.454 e. The van der Waals surface area contributed by atoms with Crippen LogP contribution in [0.1, 0.15) is 5.56 Å². The van der Waals surface area contributed by atoms with Crippen LogP contribution in [0.3, 0.4) is 0 Å². The van der Waals surface area contributed by atoms with Gasteiger partial charge in [0, 0.05) is 9.50 Å². The Morgan fingerprint density at radius 2 is 1.80 bits per heavy atom. The summed E-state index contributed by atoms with van der Waals surface area (Å²) in [6.07, 6.45) is 1.66. The molecule has 25 heavy (non-hydrogen) atoms. The van der Waals surface area contributed by atoms with Gasteiger partial charge >= 0.3 is 0 Å². The van der Waals surface area contributed by atoms with Gasteiger partial charge < -0.3 is 9.47 Å². The normalized spacial score (nSPS) is 17.7. The molecule has 8 heteroatoms. The number of halogens is 2.